The molecule has 0 saturated heterocycles. The van der Waals surface area contributed by atoms with E-state index in [0.29, 0.717) is 28.8 Å². The average molecular weight is 684 g/mol. The van der Waals surface area contributed by atoms with Crippen molar-refractivity contribution in [2.75, 3.05) is 20.0 Å². The van der Waals surface area contributed by atoms with Crippen LogP contribution in [0.4, 0.5) is 5.69 Å². The molecule has 1 N–H and O–H groups in total. The monoisotopic (exact) mass is 683 g/mol. The van der Waals surface area contributed by atoms with Gasteiger partial charge in [0.15, 0.2) is 11.0 Å². The maximum absolute atomic E-state index is 13.9. The first-order valence-electron chi connectivity index (χ1n) is 14.7. The summed E-state index contributed by atoms with van der Waals surface area (Å²) in [6.45, 7) is -0.0183. The number of nitrogens with one attached hydrogen (secondary N) is 1. The van der Waals surface area contributed by atoms with E-state index in [1.54, 1.807) is 41.2 Å². The number of nitro groups is 1. The molecule has 1 unspecified atom stereocenters. The smallest absolute Gasteiger partial charge is 0.269 e. The van der Waals surface area contributed by atoms with E-state index >= 15 is 0 Å². The fourth-order valence-electron chi connectivity index (χ4n) is 5.17. The van der Waals surface area contributed by atoms with Gasteiger partial charge in [0.1, 0.15) is 11.5 Å². The number of nitrogens with zero attached hydrogens (tertiary/aromatic N) is 6. The topological polar surface area (TPSA) is 154 Å². The van der Waals surface area contributed by atoms with Crippen molar-refractivity contribution in [3.05, 3.63) is 122 Å². The lowest BCUT2D eigenvalue weighted by Gasteiger charge is -2.22. The molecule has 3 aromatic carbocycles. The van der Waals surface area contributed by atoms with Crippen molar-refractivity contribution in [3.8, 4) is 17.2 Å². The van der Waals surface area contributed by atoms with Crippen LogP contribution >= 0.6 is 23.1 Å². The van der Waals surface area contributed by atoms with Gasteiger partial charge in [-0.1, -0.05) is 42.1 Å². The molecule has 6 rings (SSSR count). The van der Waals surface area contributed by atoms with Crippen LogP contribution in [0, 0.1) is 10.1 Å². The van der Waals surface area contributed by atoms with Gasteiger partial charge in [-0.2, -0.15) is 5.10 Å². The molecule has 0 radical (unpaired) electrons. The molecule has 1 aliphatic rings. The summed E-state index contributed by atoms with van der Waals surface area (Å²) in [5.41, 5.74) is 2.54. The third-order valence-electron chi connectivity index (χ3n) is 7.57. The van der Waals surface area contributed by atoms with Crippen LogP contribution < -0.4 is 14.8 Å². The Kier molecular flexibility index (Phi) is 9.78. The Balaban J connectivity index is 1.24. The van der Waals surface area contributed by atoms with Crippen LogP contribution in [0.1, 0.15) is 39.1 Å². The van der Waals surface area contributed by atoms with Crippen molar-refractivity contribution in [2.45, 2.75) is 24.2 Å². The molecule has 5 aromatic rings. The number of hydrogen-bond acceptors (Lipinski definition) is 11. The molecule has 1 atom stereocenters. The number of thioether (sulfide) groups is 1. The highest BCUT2D eigenvalue weighted by atomic mass is 32.2. The lowest BCUT2D eigenvalue weighted by atomic mass is 10.0. The standard InChI is InChI=1S/C33H29N7O6S2/c1-45-24-15-11-21(12-16-24)27-18-25(29-8-5-17-47-29)37-39(27)31(41)20-48-33-36-35-30(38(33)26-6-3-4-7-28(26)46-2)19-34-32(42)22-9-13-23(14-10-22)40(43)44/h3-17,27H,18-20H2,1-2H3,(H,34,42). The van der Waals surface area contributed by atoms with Crippen LogP contribution in [0.25, 0.3) is 5.69 Å². The maximum Gasteiger partial charge on any atom is 0.269 e. The van der Waals surface area contributed by atoms with Gasteiger partial charge < -0.3 is 14.8 Å². The van der Waals surface area contributed by atoms with Crippen LogP contribution in [0.3, 0.4) is 0 Å². The number of thiophene rings is 1. The quantitative estimate of drug-likeness (QED) is 0.0998. The van der Waals surface area contributed by atoms with Gasteiger partial charge in [-0.25, -0.2) is 5.01 Å². The molecule has 0 fully saturated rings. The zero-order valence-corrected chi connectivity index (χ0v) is 27.4. The van der Waals surface area contributed by atoms with E-state index in [1.807, 2.05) is 60.0 Å². The van der Waals surface area contributed by atoms with Crippen molar-refractivity contribution in [1.82, 2.24) is 25.1 Å². The Morgan fingerprint density at radius 1 is 1.00 bits per heavy atom. The highest BCUT2D eigenvalue weighted by molar-refractivity contribution is 7.99. The van der Waals surface area contributed by atoms with Crippen LogP contribution in [0.5, 0.6) is 11.5 Å². The van der Waals surface area contributed by atoms with E-state index in [-0.39, 0.29) is 35.5 Å². The number of benzene rings is 3. The molecule has 0 aliphatic carbocycles. The van der Waals surface area contributed by atoms with E-state index < -0.39 is 10.8 Å². The second kappa shape index (κ2) is 14.5. The van der Waals surface area contributed by atoms with Gasteiger partial charge in [-0.05, 0) is 53.4 Å². The normalized spacial score (nSPS) is 14.0. The zero-order chi connectivity index (χ0) is 33.6. The molecule has 0 saturated carbocycles. The van der Waals surface area contributed by atoms with Crippen molar-refractivity contribution in [1.29, 1.82) is 0 Å². The molecule has 1 aliphatic heterocycles. The van der Waals surface area contributed by atoms with Crippen LogP contribution in [0.2, 0.25) is 0 Å². The molecule has 2 aromatic heterocycles. The van der Waals surface area contributed by atoms with Gasteiger partial charge in [0, 0.05) is 24.1 Å². The van der Waals surface area contributed by atoms with Crippen molar-refractivity contribution in [2.24, 2.45) is 5.10 Å². The number of methoxy groups -OCH3 is 2. The summed E-state index contributed by atoms with van der Waals surface area (Å²) in [6.07, 6.45) is 0.569. The van der Waals surface area contributed by atoms with E-state index in [0.717, 1.165) is 21.9 Å². The lowest BCUT2D eigenvalue weighted by Crippen LogP contribution is -2.28. The van der Waals surface area contributed by atoms with Crippen LogP contribution in [-0.2, 0) is 11.3 Å². The van der Waals surface area contributed by atoms with Crippen LogP contribution in [-0.4, -0.2) is 62.2 Å². The summed E-state index contributed by atoms with van der Waals surface area (Å²) < 4.78 is 12.7. The number of nitro benzene ring substituents is 1. The summed E-state index contributed by atoms with van der Waals surface area (Å²) >= 11 is 2.77. The first kappa shape index (κ1) is 32.4. The molecule has 244 valence electrons. The first-order valence-corrected chi connectivity index (χ1v) is 16.5. The van der Waals surface area contributed by atoms with E-state index in [4.69, 9.17) is 14.6 Å². The number of carbonyl (C=O) groups excluding carboxylic acids is 2. The predicted octanol–water partition coefficient (Wildman–Crippen LogP) is 5.65. The number of rotatable bonds is 12. The molecule has 0 spiro atoms. The van der Waals surface area contributed by atoms with Crippen molar-refractivity contribution >= 4 is 46.3 Å². The summed E-state index contributed by atoms with van der Waals surface area (Å²) in [7, 11) is 3.16. The Hall–Kier alpha value is -5.54. The van der Waals surface area contributed by atoms with Crippen LogP contribution in [0.15, 0.2) is 101 Å². The Bertz CT molecular complexity index is 1960. The third-order valence-corrected chi connectivity index (χ3v) is 9.40. The molecular formula is C33H29N7O6S2. The largest absolute Gasteiger partial charge is 0.497 e. The number of ether oxygens (including phenoxy) is 2. The molecule has 15 heteroatoms. The number of hydrogen-bond donors (Lipinski definition) is 1. The molecule has 2 amide bonds. The minimum absolute atomic E-state index is 0.0102. The zero-order valence-electron chi connectivity index (χ0n) is 25.8. The summed E-state index contributed by atoms with van der Waals surface area (Å²) in [5.74, 6) is 1.01. The Morgan fingerprint density at radius 3 is 2.46 bits per heavy atom. The number of amides is 2. The van der Waals surface area contributed by atoms with E-state index in [2.05, 4.69) is 15.5 Å². The fraction of sp³-hybridized carbons (Fsp3) is 0.182. The number of carbonyl (C=O) groups is 2. The van der Waals surface area contributed by atoms with Gasteiger partial charge in [-0.15, -0.1) is 21.5 Å². The molecule has 0 bridgehead atoms. The minimum Gasteiger partial charge on any atom is -0.497 e. The SMILES string of the molecule is COc1ccc(C2CC(c3cccs3)=NN2C(=O)CSc2nnc(CNC(=O)c3ccc([N+](=O)[O-])cc3)n2-c2ccccc2OC)cc1. The Morgan fingerprint density at radius 2 is 1.77 bits per heavy atom. The Labute approximate surface area is 283 Å². The average Bonchev–Trinajstić information content (AvgIpc) is 3.90. The number of hydrazone groups is 1. The van der Waals surface area contributed by atoms with Gasteiger partial charge in [0.05, 0.1) is 53.8 Å². The third kappa shape index (κ3) is 6.91. The van der Waals surface area contributed by atoms with E-state index in [9.17, 15) is 19.7 Å². The number of non-ortho nitro benzene ring substituents is 1. The van der Waals surface area contributed by atoms with Gasteiger partial charge in [0.25, 0.3) is 17.5 Å². The second-order valence-corrected chi connectivity index (χ2v) is 12.3. The van der Waals surface area contributed by atoms with Gasteiger partial charge >= 0.3 is 0 Å². The maximum atomic E-state index is 13.9. The number of aromatic nitrogens is 3. The first-order chi connectivity index (χ1) is 23.4. The minimum atomic E-state index is -0.528. The van der Waals surface area contributed by atoms with Gasteiger partial charge in [0.2, 0.25) is 0 Å². The second-order valence-electron chi connectivity index (χ2n) is 10.4. The van der Waals surface area contributed by atoms with Gasteiger partial charge in [-0.3, -0.25) is 24.3 Å². The molecule has 3 heterocycles. The summed E-state index contributed by atoms with van der Waals surface area (Å²) in [6, 6.07) is 23.9. The summed E-state index contributed by atoms with van der Waals surface area (Å²) in [5, 5.41) is 31.2. The lowest BCUT2D eigenvalue weighted by molar-refractivity contribution is -0.384. The highest BCUT2D eigenvalue weighted by Gasteiger charge is 2.34. The highest BCUT2D eigenvalue weighted by Crippen LogP contribution is 2.36. The molecule has 48 heavy (non-hydrogen) atoms. The van der Waals surface area contributed by atoms with Crippen molar-refractivity contribution in [3.63, 3.8) is 0 Å². The van der Waals surface area contributed by atoms with Crippen molar-refractivity contribution < 1.29 is 24.0 Å². The predicted molar refractivity (Wildman–Crippen MR) is 181 cm³/mol. The number of para-hydroxylation sites is 2. The molecular weight excluding hydrogens is 655 g/mol. The molecule has 13 nitrogen and oxygen atoms in total. The summed E-state index contributed by atoms with van der Waals surface area (Å²) in [4.78, 5) is 38.2. The van der Waals surface area contributed by atoms with E-state index in [1.165, 1.54) is 36.0 Å². The fourth-order valence-corrected chi connectivity index (χ4v) is 6.71.